The first-order valence-corrected chi connectivity index (χ1v) is 12.2. The number of aromatic nitrogens is 1. The Bertz CT molecular complexity index is 1330. The van der Waals surface area contributed by atoms with Crippen LogP contribution < -0.4 is 15.4 Å². The Balaban J connectivity index is 1.30. The first-order chi connectivity index (χ1) is 15.9. The smallest absolute Gasteiger partial charge is 0.257 e. The fraction of sp³-hybridized carbons (Fsp3) is 0.0870. The van der Waals surface area contributed by atoms with Crippen molar-refractivity contribution in [3.05, 3.63) is 76.3 Å². The van der Waals surface area contributed by atoms with Gasteiger partial charge < -0.3 is 15.4 Å². The molecule has 0 aliphatic carbocycles. The molecule has 0 fully saturated rings. The average molecular weight is 518 g/mol. The molecule has 4 aromatic rings. The van der Waals surface area contributed by atoms with E-state index in [1.54, 1.807) is 31.4 Å². The van der Waals surface area contributed by atoms with Crippen molar-refractivity contribution in [3.8, 4) is 5.75 Å². The molecule has 0 aliphatic heterocycles. The van der Waals surface area contributed by atoms with E-state index in [2.05, 4.69) is 15.6 Å². The molecular weight excluding hydrogens is 501 g/mol. The molecule has 2 N–H and O–H groups in total. The number of amides is 2. The van der Waals surface area contributed by atoms with E-state index in [4.69, 9.17) is 27.9 Å². The van der Waals surface area contributed by atoms with E-state index in [0.717, 1.165) is 20.9 Å². The number of methoxy groups -OCH3 is 1. The highest BCUT2D eigenvalue weighted by atomic mass is 35.5. The number of nitrogens with zero attached hydrogens (tertiary/aromatic N) is 1. The second-order valence-electron chi connectivity index (χ2n) is 6.79. The Morgan fingerprint density at radius 1 is 1.03 bits per heavy atom. The van der Waals surface area contributed by atoms with E-state index < -0.39 is 0 Å². The van der Waals surface area contributed by atoms with Gasteiger partial charge in [0.15, 0.2) is 5.13 Å². The molecule has 0 aliphatic rings. The van der Waals surface area contributed by atoms with Crippen LogP contribution in [0.1, 0.15) is 10.4 Å². The third-order valence-corrected chi connectivity index (χ3v) is 6.99. The fourth-order valence-electron chi connectivity index (χ4n) is 2.90. The number of benzene rings is 3. The van der Waals surface area contributed by atoms with Gasteiger partial charge >= 0.3 is 0 Å². The van der Waals surface area contributed by atoms with Crippen LogP contribution in [0, 0.1) is 0 Å². The minimum atomic E-state index is -0.329. The molecule has 0 spiro atoms. The number of carbonyl (C=O) groups excluding carboxylic acids is 2. The highest BCUT2D eigenvalue weighted by Gasteiger charge is 2.12. The zero-order valence-electron chi connectivity index (χ0n) is 17.2. The minimum Gasteiger partial charge on any atom is -0.497 e. The number of thioether (sulfide) groups is 1. The maximum atomic E-state index is 12.4. The number of fused-ring (bicyclic) bond motifs is 1. The van der Waals surface area contributed by atoms with Crippen molar-refractivity contribution in [3.63, 3.8) is 0 Å². The van der Waals surface area contributed by atoms with Gasteiger partial charge in [-0.2, -0.15) is 0 Å². The molecule has 0 atom stereocenters. The van der Waals surface area contributed by atoms with Crippen molar-refractivity contribution >= 4 is 79.2 Å². The molecule has 33 heavy (non-hydrogen) atoms. The normalized spacial score (nSPS) is 10.8. The molecule has 6 nitrogen and oxygen atoms in total. The van der Waals surface area contributed by atoms with Crippen LogP contribution in [-0.4, -0.2) is 29.7 Å². The van der Waals surface area contributed by atoms with Gasteiger partial charge in [0, 0.05) is 15.6 Å². The first-order valence-electron chi connectivity index (χ1n) is 9.65. The number of halogens is 2. The summed E-state index contributed by atoms with van der Waals surface area (Å²) in [6, 6.07) is 17.5. The highest BCUT2D eigenvalue weighted by molar-refractivity contribution is 8.00. The van der Waals surface area contributed by atoms with E-state index in [1.807, 2.05) is 30.3 Å². The van der Waals surface area contributed by atoms with Crippen molar-refractivity contribution in [2.45, 2.75) is 4.90 Å². The van der Waals surface area contributed by atoms with Gasteiger partial charge in [0.1, 0.15) is 5.75 Å². The number of hydrogen-bond donors (Lipinski definition) is 2. The quantitative estimate of drug-likeness (QED) is 0.270. The molecule has 0 saturated carbocycles. The number of nitrogens with one attached hydrogen (secondary N) is 2. The number of carbonyl (C=O) groups is 2. The maximum absolute atomic E-state index is 12.4. The second kappa shape index (κ2) is 10.4. The Labute approximate surface area is 208 Å². The summed E-state index contributed by atoms with van der Waals surface area (Å²) in [6.07, 6.45) is 0. The van der Waals surface area contributed by atoms with E-state index >= 15 is 0 Å². The molecule has 2 amide bonds. The van der Waals surface area contributed by atoms with Crippen LogP contribution in [0.5, 0.6) is 5.75 Å². The van der Waals surface area contributed by atoms with Crippen LogP contribution in [0.2, 0.25) is 10.0 Å². The fourth-order valence-corrected chi connectivity index (χ4v) is 5.00. The van der Waals surface area contributed by atoms with Crippen molar-refractivity contribution in [2.24, 2.45) is 0 Å². The monoisotopic (exact) mass is 517 g/mol. The standard InChI is InChI=1S/C23H17Cl2N3O3S2/c1-31-15-5-9-19-20(11-15)33-23(27-19)28-21(29)12-32-16-6-3-14(4-7-16)26-22(30)17-8-2-13(24)10-18(17)25/h2-11H,12H2,1H3,(H,26,30)(H,27,28,29). The average Bonchev–Trinajstić information content (AvgIpc) is 3.19. The van der Waals surface area contributed by atoms with Gasteiger partial charge in [0.05, 0.1) is 33.7 Å². The van der Waals surface area contributed by atoms with Crippen molar-refractivity contribution in [2.75, 3.05) is 23.5 Å². The van der Waals surface area contributed by atoms with E-state index in [0.29, 0.717) is 21.4 Å². The molecule has 168 valence electrons. The lowest BCUT2D eigenvalue weighted by atomic mass is 10.2. The second-order valence-corrected chi connectivity index (χ2v) is 9.72. The third-order valence-electron chi connectivity index (χ3n) is 4.50. The number of rotatable bonds is 7. The van der Waals surface area contributed by atoms with Gasteiger partial charge in [-0.15, -0.1) is 11.8 Å². The van der Waals surface area contributed by atoms with E-state index in [9.17, 15) is 9.59 Å². The van der Waals surface area contributed by atoms with Crippen molar-refractivity contribution < 1.29 is 14.3 Å². The van der Waals surface area contributed by atoms with Gasteiger partial charge in [0.2, 0.25) is 5.91 Å². The summed E-state index contributed by atoms with van der Waals surface area (Å²) in [6.45, 7) is 0. The maximum Gasteiger partial charge on any atom is 0.257 e. The van der Waals surface area contributed by atoms with E-state index in [-0.39, 0.29) is 22.6 Å². The molecule has 0 saturated heterocycles. The molecule has 0 unspecified atom stereocenters. The van der Waals surface area contributed by atoms with E-state index in [1.165, 1.54) is 29.2 Å². The summed E-state index contributed by atoms with van der Waals surface area (Å²) >= 11 is 14.7. The Morgan fingerprint density at radius 2 is 1.82 bits per heavy atom. The van der Waals surface area contributed by atoms with Crippen LogP contribution in [0.4, 0.5) is 10.8 Å². The zero-order chi connectivity index (χ0) is 23.4. The van der Waals surface area contributed by atoms with Crippen LogP contribution in [0.25, 0.3) is 10.2 Å². The van der Waals surface area contributed by atoms with Gasteiger partial charge in [-0.1, -0.05) is 34.5 Å². The first kappa shape index (κ1) is 23.4. The van der Waals surface area contributed by atoms with Crippen molar-refractivity contribution in [1.82, 2.24) is 4.98 Å². The molecule has 1 aromatic heterocycles. The summed E-state index contributed by atoms with van der Waals surface area (Å²) in [7, 11) is 1.61. The summed E-state index contributed by atoms with van der Waals surface area (Å²) < 4.78 is 6.16. The molecular formula is C23H17Cl2N3O3S2. The summed E-state index contributed by atoms with van der Waals surface area (Å²) in [5.74, 6) is 0.492. The van der Waals surface area contributed by atoms with Crippen LogP contribution >= 0.6 is 46.3 Å². The molecule has 0 bridgehead atoms. The number of thiazole rings is 1. The Morgan fingerprint density at radius 3 is 2.55 bits per heavy atom. The summed E-state index contributed by atoms with van der Waals surface area (Å²) in [4.78, 5) is 30.1. The van der Waals surface area contributed by atoms with Crippen molar-refractivity contribution in [1.29, 1.82) is 0 Å². The lowest BCUT2D eigenvalue weighted by Gasteiger charge is -2.08. The number of hydrogen-bond acceptors (Lipinski definition) is 6. The summed E-state index contributed by atoms with van der Waals surface area (Å²) in [5.41, 5.74) is 1.76. The third kappa shape index (κ3) is 5.97. The van der Waals surface area contributed by atoms with Crippen LogP contribution in [0.15, 0.2) is 65.6 Å². The predicted molar refractivity (Wildman–Crippen MR) is 136 cm³/mol. The lowest BCUT2D eigenvalue weighted by Crippen LogP contribution is -2.13. The van der Waals surface area contributed by atoms with Gasteiger partial charge in [-0.25, -0.2) is 4.98 Å². The zero-order valence-corrected chi connectivity index (χ0v) is 20.4. The lowest BCUT2D eigenvalue weighted by molar-refractivity contribution is -0.113. The number of ether oxygens (including phenoxy) is 1. The minimum absolute atomic E-state index is 0.152. The SMILES string of the molecule is COc1ccc2nc(NC(=O)CSc3ccc(NC(=O)c4ccc(Cl)cc4Cl)cc3)sc2c1. The molecule has 3 aromatic carbocycles. The van der Waals surface area contributed by atoms with Gasteiger partial charge in [0.25, 0.3) is 5.91 Å². The topological polar surface area (TPSA) is 80.3 Å². The van der Waals surface area contributed by atoms with Gasteiger partial charge in [-0.3, -0.25) is 9.59 Å². The van der Waals surface area contributed by atoms with Gasteiger partial charge in [-0.05, 0) is 60.7 Å². The Hall–Kier alpha value is -2.78. The highest BCUT2D eigenvalue weighted by Crippen LogP contribution is 2.29. The number of anilines is 2. The molecule has 0 radical (unpaired) electrons. The molecule has 1 heterocycles. The molecule has 10 heteroatoms. The predicted octanol–water partition coefficient (Wildman–Crippen LogP) is 6.59. The largest absolute Gasteiger partial charge is 0.497 e. The summed E-state index contributed by atoms with van der Waals surface area (Å²) in [5, 5.41) is 6.92. The van der Waals surface area contributed by atoms with Crippen LogP contribution in [-0.2, 0) is 4.79 Å². The molecule has 4 rings (SSSR count). The van der Waals surface area contributed by atoms with Crippen LogP contribution in [0.3, 0.4) is 0 Å². The Kier molecular flexibility index (Phi) is 7.39.